The second kappa shape index (κ2) is 8.56. The van der Waals surface area contributed by atoms with Crippen LogP contribution in [0.5, 0.6) is 0 Å². The Morgan fingerprint density at radius 1 is 1.46 bits per heavy atom. The van der Waals surface area contributed by atoms with Crippen LogP contribution in [0.15, 0.2) is 58.7 Å². The first-order valence-corrected chi connectivity index (χ1v) is 9.35. The molecule has 0 radical (unpaired) electrons. The molecule has 0 aliphatic carbocycles. The standard InChI is InChI=1S/C19H21ClFN3OS/c1-12(3-4-15(20)11-22)17(25)9-13-7-14(10-16(21)8-13)19(2)5-6-26-18(23)24-19/h3-4,7-8,10-11H,1,5-6,9,22H2,2H3,(H2,23,24)/b4-3-,15-11+. The molecule has 4 nitrogen and oxygen atoms in total. The zero-order valence-corrected chi connectivity index (χ0v) is 16.0. The zero-order valence-electron chi connectivity index (χ0n) is 14.5. The van der Waals surface area contributed by atoms with E-state index in [4.69, 9.17) is 23.1 Å². The van der Waals surface area contributed by atoms with E-state index in [1.807, 2.05) is 6.92 Å². The van der Waals surface area contributed by atoms with E-state index < -0.39 is 11.4 Å². The van der Waals surface area contributed by atoms with Gasteiger partial charge in [0.05, 0.1) is 10.6 Å². The van der Waals surface area contributed by atoms with Gasteiger partial charge in [0, 0.05) is 23.9 Å². The quantitative estimate of drug-likeness (QED) is 0.569. The number of thioether (sulfide) groups is 1. The van der Waals surface area contributed by atoms with Crippen LogP contribution in [0.25, 0.3) is 0 Å². The van der Waals surface area contributed by atoms with Crippen LogP contribution in [-0.4, -0.2) is 16.7 Å². The third-order valence-corrected chi connectivity index (χ3v) is 5.15. The van der Waals surface area contributed by atoms with Gasteiger partial charge in [-0.25, -0.2) is 4.39 Å². The summed E-state index contributed by atoms with van der Waals surface area (Å²) in [7, 11) is 0. The van der Waals surface area contributed by atoms with Gasteiger partial charge in [0.25, 0.3) is 0 Å². The van der Waals surface area contributed by atoms with Crippen molar-refractivity contribution in [1.29, 1.82) is 0 Å². The van der Waals surface area contributed by atoms with Crippen LogP contribution in [0, 0.1) is 5.82 Å². The van der Waals surface area contributed by atoms with Gasteiger partial charge in [0.1, 0.15) is 5.82 Å². The van der Waals surface area contributed by atoms with Crippen LogP contribution < -0.4 is 11.5 Å². The van der Waals surface area contributed by atoms with Crippen molar-refractivity contribution < 1.29 is 9.18 Å². The number of carbonyl (C=O) groups is 1. The Labute approximate surface area is 161 Å². The van der Waals surface area contributed by atoms with E-state index >= 15 is 0 Å². The van der Waals surface area contributed by atoms with Crippen molar-refractivity contribution in [2.24, 2.45) is 16.5 Å². The van der Waals surface area contributed by atoms with E-state index in [1.54, 1.807) is 6.07 Å². The number of amidine groups is 1. The number of hydrogen-bond donors (Lipinski definition) is 2. The van der Waals surface area contributed by atoms with Crippen molar-refractivity contribution in [1.82, 2.24) is 0 Å². The first-order valence-electron chi connectivity index (χ1n) is 7.99. The number of carbonyl (C=O) groups excluding carboxylic acids is 1. The van der Waals surface area contributed by atoms with Crippen LogP contribution in [0.4, 0.5) is 4.39 Å². The predicted octanol–water partition coefficient (Wildman–Crippen LogP) is 3.76. The highest BCUT2D eigenvalue weighted by Gasteiger charge is 2.30. The molecule has 138 valence electrons. The van der Waals surface area contributed by atoms with Crippen LogP contribution in [-0.2, 0) is 16.8 Å². The van der Waals surface area contributed by atoms with Crippen molar-refractivity contribution in [3.8, 4) is 0 Å². The minimum atomic E-state index is -0.592. The molecule has 0 aromatic heterocycles. The lowest BCUT2D eigenvalue weighted by Crippen LogP contribution is -2.29. The molecule has 1 aromatic rings. The Balaban J connectivity index is 2.22. The molecular weight excluding hydrogens is 373 g/mol. The van der Waals surface area contributed by atoms with E-state index in [9.17, 15) is 9.18 Å². The highest BCUT2D eigenvalue weighted by molar-refractivity contribution is 8.13. The monoisotopic (exact) mass is 393 g/mol. The smallest absolute Gasteiger partial charge is 0.166 e. The molecule has 0 spiro atoms. The molecule has 0 fully saturated rings. The van der Waals surface area contributed by atoms with Gasteiger partial charge in [-0.3, -0.25) is 9.79 Å². The number of Topliss-reactive ketones (excluding diaryl/α,β-unsaturated/α-hetero) is 1. The van der Waals surface area contributed by atoms with Gasteiger partial charge in [-0.15, -0.1) is 0 Å². The minimum absolute atomic E-state index is 0.0297. The molecule has 2 rings (SSSR count). The highest BCUT2D eigenvalue weighted by atomic mass is 35.5. The summed E-state index contributed by atoms with van der Waals surface area (Å²) in [6.45, 7) is 5.64. The molecule has 1 aromatic carbocycles. The summed E-state index contributed by atoms with van der Waals surface area (Å²) in [6.07, 6.45) is 4.95. The average molecular weight is 394 g/mol. The maximum Gasteiger partial charge on any atom is 0.166 e. The molecule has 26 heavy (non-hydrogen) atoms. The molecule has 1 unspecified atom stereocenters. The number of ketones is 1. The van der Waals surface area contributed by atoms with E-state index in [0.29, 0.717) is 21.3 Å². The summed E-state index contributed by atoms with van der Waals surface area (Å²) in [5, 5.41) is 0.787. The van der Waals surface area contributed by atoms with Gasteiger partial charge in [-0.05, 0) is 42.7 Å². The van der Waals surface area contributed by atoms with Gasteiger partial charge in [-0.2, -0.15) is 0 Å². The van der Waals surface area contributed by atoms with E-state index in [-0.39, 0.29) is 17.8 Å². The number of allylic oxidation sites excluding steroid dienone is 4. The summed E-state index contributed by atoms with van der Waals surface area (Å²) in [4.78, 5) is 16.8. The van der Waals surface area contributed by atoms with Crippen molar-refractivity contribution in [3.63, 3.8) is 0 Å². The van der Waals surface area contributed by atoms with Crippen LogP contribution in [0.1, 0.15) is 24.5 Å². The third kappa shape index (κ3) is 5.22. The third-order valence-electron chi connectivity index (χ3n) is 4.10. The van der Waals surface area contributed by atoms with Gasteiger partial charge in [0.2, 0.25) is 0 Å². The SMILES string of the molecule is C=C(/C=C\C(Cl)=C/N)C(=O)Cc1cc(F)cc(C2(C)CCSC(N)=N2)c1. The minimum Gasteiger partial charge on any atom is -0.403 e. The van der Waals surface area contributed by atoms with Crippen LogP contribution in [0.2, 0.25) is 0 Å². The number of benzene rings is 1. The number of halogens is 2. The van der Waals surface area contributed by atoms with Crippen molar-refractivity contribution >= 4 is 34.3 Å². The molecule has 0 saturated heterocycles. The molecule has 1 heterocycles. The fourth-order valence-electron chi connectivity index (χ4n) is 2.59. The number of rotatable bonds is 6. The molecule has 1 atom stereocenters. The second-order valence-corrected chi connectivity index (χ2v) is 7.73. The summed E-state index contributed by atoms with van der Waals surface area (Å²) < 4.78 is 14.1. The lowest BCUT2D eigenvalue weighted by molar-refractivity contribution is -0.114. The van der Waals surface area contributed by atoms with E-state index in [1.165, 1.54) is 42.2 Å². The molecule has 7 heteroatoms. The molecule has 0 saturated carbocycles. The number of nitrogens with zero attached hydrogens (tertiary/aromatic N) is 1. The molecular formula is C19H21ClFN3OS. The molecule has 0 amide bonds. The Bertz CT molecular complexity index is 819. The topological polar surface area (TPSA) is 81.5 Å². The van der Waals surface area contributed by atoms with E-state index in [0.717, 1.165) is 12.2 Å². The van der Waals surface area contributed by atoms with Crippen molar-refractivity contribution in [2.45, 2.75) is 25.3 Å². The Morgan fingerprint density at radius 2 is 2.19 bits per heavy atom. The number of aliphatic imine (C=N–C) groups is 1. The second-order valence-electron chi connectivity index (χ2n) is 6.18. The fraction of sp³-hybridized carbons (Fsp3) is 0.263. The molecule has 0 bridgehead atoms. The van der Waals surface area contributed by atoms with Crippen LogP contribution >= 0.6 is 23.4 Å². The van der Waals surface area contributed by atoms with Crippen molar-refractivity contribution in [3.05, 3.63) is 70.7 Å². The Morgan fingerprint density at radius 3 is 2.85 bits per heavy atom. The summed E-state index contributed by atoms with van der Waals surface area (Å²) in [5.41, 5.74) is 12.0. The van der Waals surface area contributed by atoms with Crippen LogP contribution in [0.3, 0.4) is 0 Å². The number of nitrogens with two attached hydrogens (primary N) is 2. The summed E-state index contributed by atoms with van der Waals surface area (Å²) in [5.74, 6) is 0.175. The van der Waals surface area contributed by atoms with Gasteiger partial charge in [0.15, 0.2) is 11.0 Å². The van der Waals surface area contributed by atoms with Gasteiger partial charge < -0.3 is 11.5 Å². The average Bonchev–Trinajstić information content (AvgIpc) is 2.58. The normalized spacial score (nSPS) is 20.9. The number of hydrogen-bond acceptors (Lipinski definition) is 5. The highest BCUT2D eigenvalue weighted by Crippen LogP contribution is 2.35. The zero-order chi connectivity index (χ0) is 19.3. The molecule has 4 N–H and O–H groups in total. The lowest BCUT2D eigenvalue weighted by atomic mass is 9.88. The summed E-state index contributed by atoms with van der Waals surface area (Å²) >= 11 is 7.24. The molecule has 1 aliphatic heterocycles. The maximum absolute atomic E-state index is 14.1. The van der Waals surface area contributed by atoms with Gasteiger partial charge >= 0.3 is 0 Å². The predicted molar refractivity (Wildman–Crippen MR) is 108 cm³/mol. The van der Waals surface area contributed by atoms with E-state index in [2.05, 4.69) is 11.6 Å². The lowest BCUT2D eigenvalue weighted by Gasteiger charge is -2.30. The maximum atomic E-state index is 14.1. The molecule has 1 aliphatic rings. The van der Waals surface area contributed by atoms with Crippen molar-refractivity contribution in [2.75, 3.05) is 5.75 Å². The fourth-order valence-corrected chi connectivity index (χ4v) is 3.62. The Kier molecular flexibility index (Phi) is 6.67. The summed E-state index contributed by atoms with van der Waals surface area (Å²) in [6, 6.07) is 4.60. The van der Waals surface area contributed by atoms with Gasteiger partial charge in [-0.1, -0.05) is 42.1 Å². The first kappa shape index (κ1) is 20.3. The first-order chi connectivity index (χ1) is 12.2. The Hall–Kier alpha value is -2.05. The largest absolute Gasteiger partial charge is 0.403 e.